The van der Waals surface area contributed by atoms with Gasteiger partial charge in [0.15, 0.2) is 32.1 Å². The first kappa shape index (κ1) is 65.4. The predicted octanol–water partition coefficient (Wildman–Crippen LogP) is 14.8. The number of ether oxygens (including phenoxy) is 5. The smallest absolute Gasteiger partial charge is 0.338 e. The largest absolute Gasteiger partial charge is 0.459 e. The topological polar surface area (TPSA) is 166 Å². The first-order valence-electron chi connectivity index (χ1n) is 29.8. The summed E-state index contributed by atoms with van der Waals surface area (Å²) >= 11 is 0. The van der Waals surface area contributed by atoms with Crippen molar-refractivity contribution in [3.8, 4) is 0 Å². The minimum absolute atomic E-state index is 0.0543. The van der Waals surface area contributed by atoms with Gasteiger partial charge in [-0.2, -0.15) is 0 Å². The van der Waals surface area contributed by atoms with E-state index in [2.05, 4.69) is 13.8 Å². The van der Waals surface area contributed by atoms with Crippen LogP contribution >= 0.6 is 0 Å². The van der Waals surface area contributed by atoms with Crippen LogP contribution in [0.3, 0.4) is 0 Å². The number of benzene rings is 3. The molecule has 4 rings (SSSR count). The van der Waals surface area contributed by atoms with Crippen LogP contribution in [0, 0.1) is 5.92 Å². The molecule has 12 nitrogen and oxygen atoms in total. The molecule has 14 heteroatoms. The summed E-state index contributed by atoms with van der Waals surface area (Å²) in [5.74, 6) is -3.93. The third-order valence-electron chi connectivity index (χ3n) is 14.5. The van der Waals surface area contributed by atoms with Crippen molar-refractivity contribution in [1.29, 1.82) is 0 Å². The van der Waals surface area contributed by atoms with Gasteiger partial charge in [-0.15, -0.1) is 0 Å². The highest BCUT2D eigenvalue weighted by Gasteiger charge is 2.45. The predicted molar refractivity (Wildman–Crippen MR) is 309 cm³/mol. The van der Waals surface area contributed by atoms with E-state index >= 15 is 0 Å². The molecule has 1 heterocycles. The third-order valence-corrected chi connectivity index (χ3v) is 18.3. The summed E-state index contributed by atoms with van der Waals surface area (Å²) in [5.41, 5.74) is 0.742. The lowest BCUT2D eigenvalue weighted by atomic mass is 10.0. The average Bonchev–Trinajstić information content (AvgIpc) is 3.43. The lowest BCUT2D eigenvalue weighted by Crippen LogP contribution is -2.54. The maximum atomic E-state index is 13.8. The Balaban J connectivity index is 1.42. The Kier molecular flexibility index (Phi) is 33.4. The van der Waals surface area contributed by atoms with Crippen LogP contribution < -0.4 is 0 Å². The fraction of sp³-hybridized carbons (Fsp3) is 0.667. The van der Waals surface area contributed by atoms with Crippen LogP contribution in [0.15, 0.2) is 91.0 Å². The fourth-order valence-electron chi connectivity index (χ4n) is 10.1. The zero-order valence-electron chi connectivity index (χ0n) is 47.0. The standard InChI is InChI=1S/C63H96O12S2/c1-3-5-7-9-11-13-15-17-19-21-23-25-27-38-46-76(67,68)51-53(52-77(69,70)47-39-28-26-24-22-20-18-16-14-12-10-8-6-4-2)49-71-59-48-57(74-62(65)55-42-34-30-35-43-55)60(75-63(66)56-44-36-31-37-45-56)58(73-59)50-72-61(64)54-40-32-29-33-41-54/h29-37,40-45,53,57-60H,3-28,38-39,46-52H2,1-2H3/t57-,58-,59-,60+/m1/s1. The molecule has 0 amide bonds. The van der Waals surface area contributed by atoms with Gasteiger partial charge in [0, 0.05) is 12.3 Å². The number of esters is 3. The Labute approximate surface area is 464 Å². The molecule has 0 N–H and O–H groups in total. The van der Waals surface area contributed by atoms with Crippen molar-refractivity contribution >= 4 is 37.6 Å². The number of carbonyl (C=O) groups excluding carboxylic acids is 3. The summed E-state index contributed by atoms with van der Waals surface area (Å²) in [7, 11) is -7.41. The van der Waals surface area contributed by atoms with Gasteiger partial charge in [-0.05, 0) is 49.2 Å². The van der Waals surface area contributed by atoms with Crippen LogP contribution in [0.4, 0.5) is 0 Å². The van der Waals surface area contributed by atoms with E-state index < -0.39 is 86.2 Å². The summed E-state index contributed by atoms with van der Waals surface area (Å²) in [6.45, 7) is 3.74. The van der Waals surface area contributed by atoms with Crippen LogP contribution in [0.25, 0.3) is 0 Å². The number of hydrogen-bond acceptors (Lipinski definition) is 12. The van der Waals surface area contributed by atoms with Crippen molar-refractivity contribution in [1.82, 2.24) is 0 Å². The van der Waals surface area contributed by atoms with Crippen molar-refractivity contribution in [3.05, 3.63) is 108 Å². The zero-order valence-corrected chi connectivity index (χ0v) is 48.6. The summed E-state index contributed by atoms with van der Waals surface area (Å²) < 4.78 is 86.0. The highest BCUT2D eigenvalue weighted by Crippen LogP contribution is 2.30. The van der Waals surface area contributed by atoms with Gasteiger partial charge in [-0.1, -0.05) is 235 Å². The second-order valence-corrected chi connectivity index (χ2v) is 25.9. The summed E-state index contributed by atoms with van der Waals surface area (Å²) in [6.07, 6.45) is 26.9. The monoisotopic (exact) mass is 1110 g/mol. The van der Waals surface area contributed by atoms with Crippen LogP contribution in [0.5, 0.6) is 0 Å². The highest BCUT2D eigenvalue weighted by molar-refractivity contribution is 7.92. The first-order chi connectivity index (χ1) is 37.4. The quantitative estimate of drug-likeness (QED) is 0.0299. The summed E-state index contributed by atoms with van der Waals surface area (Å²) in [6, 6.07) is 24.9. The zero-order chi connectivity index (χ0) is 55.2. The lowest BCUT2D eigenvalue weighted by Gasteiger charge is -2.40. The normalized spacial score (nSPS) is 16.8. The van der Waals surface area contributed by atoms with Gasteiger partial charge in [-0.3, -0.25) is 0 Å². The van der Waals surface area contributed by atoms with Crippen LogP contribution in [-0.2, 0) is 43.4 Å². The minimum atomic E-state index is -3.70. The summed E-state index contributed by atoms with van der Waals surface area (Å²) in [4.78, 5) is 40.6. The van der Waals surface area contributed by atoms with E-state index in [1.165, 1.54) is 116 Å². The average molecular weight is 1110 g/mol. The van der Waals surface area contributed by atoms with Crippen molar-refractivity contribution in [2.24, 2.45) is 5.92 Å². The molecule has 0 saturated carbocycles. The van der Waals surface area contributed by atoms with Gasteiger partial charge in [-0.25, -0.2) is 31.2 Å². The fourth-order valence-corrected chi connectivity index (χ4v) is 13.7. The Morgan fingerprint density at radius 3 is 1.18 bits per heavy atom. The Bertz CT molecular complexity index is 2180. The number of rotatable bonds is 44. The second-order valence-electron chi connectivity index (χ2n) is 21.5. The van der Waals surface area contributed by atoms with Crippen LogP contribution in [0.1, 0.15) is 231 Å². The van der Waals surface area contributed by atoms with E-state index in [1.807, 2.05) is 0 Å². The van der Waals surface area contributed by atoms with Crippen molar-refractivity contribution in [2.45, 2.75) is 225 Å². The van der Waals surface area contributed by atoms with Gasteiger partial charge in [0.1, 0.15) is 18.8 Å². The van der Waals surface area contributed by atoms with E-state index in [0.29, 0.717) is 12.8 Å². The van der Waals surface area contributed by atoms with E-state index in [9.17, 15) is 31.2 Å². The molecule has 1 fully saturated rings. The van der Waals surface area contributed by atoms with E-state index in [4.69, 9.17) is 23.7 Å². The van der Waals surface area contributed by atoms with E-state index in [1.54, 1.807) is 91.0 Å². The van der Waals surface area contributed by atoms with Gasteiger partial charge in [0.2, 0.25) is 0 Å². The highest BCUT2D eigenvalue weighted by atomic mass is 32.2. The molecule has 0 radical (unpaired) electrons. The SMILES string of the molecule is CCCCCCCCCCCCCCCCS(=O)(=O)CC(CO[C@H]1C[C@@H](OC(=O)c2ccccc2)[C@H](OC(=O)c2ccccc2)[C@@H](COC(=O)c2ccccc2)O1)CS(=O)(=O)CCCCCCCCCCCCCCCC. The van der Waals surface area contributed by atoms with Crippen molar-refractivity contribution in [2.75, 3.05) is 36.2 Å². The Hall–Kier alpha value is -4.11. The van der Waals surface area contributed by atoms with E-state index in [-0.39, 0.29) is 41.2 Å². The number of hydrogen-bond donors (Lipinski definition) is 0. The van der Waals surface area contributed by atoms with Crippen LogP contribution in [-0.4, -0.2) is 95.6 Å². The lowest BCUT2D eigenvalue weighted by molar-refractivity contribution is -0.257. The molecule has 4 atom stereocenters. The summed E-state index contributed by atoms with van der Waals surface area (Å²) in [5, 5.41) is 0. The molecule has 77 heavy (non-hydrogen) atoms. The van der Waals surface area contributed by atoms with Gasteiger partial charge in [0.05, 0.1) is 46.3 Å². The molecule has 0 aromatic heterocycles. The molecular formula is C63H96O12S2. The molecule has 0 spiro atoms. The maximum Gasteiger partial charge on any atom is 0.338 e. The van der Waals surface area contributed by atoms with Crippen LogP contribution in [0.2, 0.25) is 0 Å². The molecule has 1 aliphatic heterocycles. The molecule has 1 saturated heterocycles. The molecule has 0 bridgehead atoms. The van der Waals surface area contributed by atoms with Gasteiger partial charge < -0.3 is 23.7 Å². The van der Waals surface area contributed by atoms with E-state index in [0.717, 1.165) is 51.4 Å². The Morgan fingerprint density at radius 2 is 0.805 bits per heavy atom. The minimum Gasteiger partial charge on any atom is -0.459 e. The molecule has 3 aromatic carbocycles. The number of carbonyl (C=O) groups is 3. The van der Waals surface area contributed by atoms with Gasteiger partial charge in [0.25, 0.3) is 0 Å². The van der Waals surface area contributed by atoms with Gasteiger partial charge >= 0.3 is 17.9 Å². The molecule has 432 valence electrons. The molecular weight excluding hydrogens is 1010 g/mol. The number of sulfone groups is 2. The van der Waals surface area contributed by atoms with Crippen molar-refractivity contribution in [3.63, 3.8) is 0 Å². The second kappa shape index (κ2) is 39.3. The molecule has 0 aliphatic carbocycles. The number of unbranched alkanes of at least 4 members (excludes halogenated alkanes) is 26. The third kappa shape index (κ3) is 29.1. The van der Waals surface area contributed by atoms with Crippen molar-refractivity contribution < 1.29 is 54.9 Å². The Morgan fingerprint density at radius 1 is 0.468 bits per heavy atom. The first-order valence-corrected chi connectivity index (χ1v) is 33.5. The molecule has 0 unspecified atom stereocenters. The maximum absolute atomic E-state index is 13.8. The molecule has 3 aromatic rings. The molecule has 1 aliphatic rings.